The number of halogens is 3. The minimum Gasteiger partial charge on any atom is -0.394 e. The average molecular weight is 153 g/mol. The van der Waals surface area contributed by atoms with Crippen molar-refractivity contribution in [3.05, 3.63) is 11.3 Å². The monoisotopic (exact) mass is 153 g/mol. The Kier molecular flexibility index (Phi) is 2.45. The van der Waals surface area contributed by atoms with E-state index in [1.54, 1.807) is 0 Å². The molecule has 0 radical (unpaired) electrons. The zero-order valence-corrected chi connectivity index (χ0v) is 5.20. The summed E-state index contributed by atoms with van der Waals surface area (Å²) < 4.78 is 34.6. The first-order valence-electron chi connectivity index (χ1n) is 2.38. The van der Waals surface area contributed by atoms with Crippen molar-refractivity contribution in [3.8, 4) is 0 Å². The summed E-state index contributed by atoms with van der Waals surface area (Å²) in [5, 5.41) is 0. The molecule has 10 heavy (non-hydrogen) atoms. The van der Waals surface area contributed by atoms with Crippen LogP contribution in [0, 0.1) is 0 Å². The maximum absolute atomic E-state index is 11.5. The summed E-state index contributed by atoms with van der Waals surface area (Å²) >= 11 is 0. The minimum absolute atomic E-state index is 0.0722. The molecule has 2 nitrogen and oxygen atoms in total. The van der Waals surface area contributed by atoms with Gasteiger partial charge in [0.15, 0.2) is 0 Å². The van der Waals surface area contributed by atoms with Crippen LogP contribution >= 0.6 is 0 Å². The zero-order chi connectivity index (χ0) is 8.36. The molecule has 0 aliphatic rings. The second kappa shape index (κ2) is 2.72. The molecular formula is C5H6F3NO. The number of carbonyl (C=O) groups excluding carboxylic acids is 1. The fourth-order valence-electron chi connectivity index (χ4n) is 0.287. The van der Waals surface area contributed by atoms with Crippen molar-refractivity contribution in [1.82, 2.24) is 0 Å². The lowest BCUT2D eigenvalue weighted by molar-refractivity contribution is -0.107. The first kappa shape index (κ1) is 9.00. The lowest BCUT2D eigenvalue weighted by Crippen LogP contribution is -2.21. The Labute approximate surface area is 55.5 Å². The molecule has 0 atom stereocenters. The Morgan fingerprint density at radius 3 is 2.00 bits per heavy atom. The molecule has 0 heterocycles. The van der Waals surface area contributed by atoms with E-state index in [0.29, 0.717) is 0 Å². The van der Waals surface area contributed by atoms with Crippen molar-refractivity contribution >= 4 is 6.29 Å². The fraction of sp³-hybridized carbons (Fsp3) is 0.400. The van der Waals surface area contributed by atoms with Gasteiger partial charge in [-0.05, 0) is 6.92 Å². The number of hydrogen-bond acceptors (Lipinski definition) is 2. The third-order valence-electron chi connectivity index (χ3n) is 0.907. The standard InChI is InChI=1S/C5H6F3NO/c1-3(2-10)4(9)5(6,7)8/h2H,9H2,1H3/b4-3-. The van der Waals surface area contributed by atoms with Crippen molar-refractivity contribution in [3.63, 3.8) is 0 Å². The molecule has 0 saturated heterocycles. The van der Waals surface area contributed by atoms with Crippen LogP contribution < -0.4 is 5.73 Å². The largest absolute Gasteiger partial charge is 0.431 e. The van der Waals surface area contributed by atoms with Gasteiger partial charge in [0.05, 0.1) is 0 Å². The first-order valence-corrected chi connectivity index (χ1v) is 2.38. The molecule has 0 saturated carbocycles. The summed E-state index contributed by atoms with van der Waals surface area (Å²) in [6.07, 6.45) is -4.52. The molecule has 0 aromatic rings. The van der Waals surface area contributed by atoms with Crippen molar-refractivity contribution < 1.29 is 18.0 Å². The van der Waals surface area contributed by atoms with Gasteiger partial charge in [-0.3, -0.25) is 4.79 Å². The van der Waals surface area contributed by atoms with Gasteiger partial charge in [-0.1, -0.05) is 0 Å². The molecule has 0 unspecified atom stereocenters. The molecule has 5 heteroatoms. The van der Waals surface area contributed by atoms with E-state index < -0.39 is 17.4 Å². The number of allylic oxidation sites excluding steroid dienone is 2. The molecule has 0 aliphatic carbocycles. The van der Waals surface area contributed by atoms with Crippen LogP contribution in [0.3, 0.4) is 0 Å². The number of carbonyl (C=O) groups is 1. The Morgan fingerprint density at radius 2 is 1.90 bits per heavy atom. The Morgan fingerprint density at radius 1 is 1.50 bits per heavy atom. The van der Waals surface area contributed by atoms with Crippen LogP contribution in [0.1, 0.15) is 6.92 Å². The van der Waals surface area contributed by atoms with Crippen LogP contribution in [0.25, 0.3) is 0 Å². The van der Waals surface area contributed by atoms with E-state index in [1.165, 1.54) is 0 Å². The van der Waals surface area contributed by atoms with Gasteiger partial charge in [-0.15, -0.1) is 0 Å². The Balaban J connectivity index is 4.63. The minimum atomic E-state index is -4.59. The van der Waals surface area contributed by atoms with Gasteiger partial charge in [0.1, 0.15) is 12.0 Å². The van der Waals surface area contributed by atoms with E-state index in [-0.39, 0.29) is 6.29 Å². The van der Waals surface area contributed by atoms with E-state index >= 15 is 0 Å². The molecule has 0 rings (SSSR count). The van der Waals surface area contributed by atoms with Crippen LogP contribution in [0.15, 0.2) is 11.3 Å². The number of nitrogens with two attached hydrogens (primary N) is 1. The molecule has 0 aliphatic heterocycles. The third kappa shape index (κ3) is 2.08. The molecular weight excluding hydrogens is 147 g/mol. The molecule has 2 N–H and O–H groups in total. The first-order chi connectivity index (χ1) is 4.39. The molecule has 0 aromatic carbocycles. The van der Waals surface area contributed by atoms with Crippen molar-refractivity contribution in [1.29, 1.82) is 0 Å². The smallest absolute Gasteiger partial charge is 0.394 e. The lowest BCUT2D eigenvalue weighted by Gasteiger charge is -2.06. The third-order valence-corrected chi connectivity index (χ3v) is 0.907. The number of alkyl halides is 3. The average Bonchev–Trinajstić information content (AvgIpc) is 1.83. The highest BCUT2D eigenvalue weighted by Gasteiger charge is 2.32. The molecule has 0 spiro atoms. The van der Waals surface area contributed by atoms with Gasteiger partial charge in [0, 0.05) is 5.57 Å². The normalized spacial score (nSPS) is 14.4. The van der Waals surface area contributed by atoms with Gasteiger partial charge >= 0.3 is 6.18 Å². The fourth-order valence-corrected chi connectivity index (χ4v) is 0.287. The lowest BCUT2D eigenvalue weighted by atomic mass is 10.2. The second-order valence-corrected chi connectivity index (χ2v) is 1.71. The Hall–Kier alpha value is -1.00. The number of aldehydes is 1. The zero-order valence-electron chi connectivity index (χ0n) is 5.20. The van der Waals surface area contributed by atoms with E-state index in [2.05, 4.69) is 5.73 Å². The highest BCUT2D eigenvalue weighted by atomic mass is 19.4. The predicted molar refractivity (Wildman–Crippen MR) is 29.0 cm³/mol. The second-order valence-electron chi connectivity index (χ2n) is 1.71. The van der Waals surface area contributed by atoms with Crippen molar-refractivity contribution in [2.45, 2.75) is 13.1 Å². The highest BCUT2D eigenvalue weighted by Crippen LogP contribution is 2.22. The van der Waals surface area contributed by atoms with Gasteiger partial charge in [-0.2, -0.15) is 13.2 Å². The van der Waals surface area contributed by atoms with Gasteiger partial charge in [0.2, 0.25) is 0 Å². The SMILES string of the molecule is C/C(C=O)=C(/N)C(F)(F)F. The summed E-state index contributed by atoms with van der Waals surface area (Å²) in [5.74, 6) is 0. The maximum atomic E-state index is 11.5. The topological polar surface area (TPSA) is 43.1 Å². The summed E-state index contributed by atoms with van der Waals surface area (Å²) in [5.41, 5.74) is 2.70. The van der Waals surface area contributed by atoms with Crippen molar-refractivity contribution in [2.75, 3.05) is 0 Å². The predicted octanol–water partition coefficient (Wildman–Crippen LogP) is 0.980. The maximum Gasteiger partial charge on any atom is 0.431 e. The van der Waals surface area contributed by atoms with Crippen LogP contribution in [0.4, 0.5) is 13.2 Å². The quantitative estimate of drug-likeness (QED) is 0.450. The highest BCUT2D eigenvalue weighted by molar-refractivity contribution is 5.73. The molecule has 58 valence electrons. The molecule has 0 bridgehead atoms. The van der Waals surface area contributed by atoms with Crippen molar-refractivity contribution in [2.24, 2.45) is 5.73 Å². The van der Waals surface area contributed by atoms with E-state index in [4.69, 9.17) is 0 Å². The van der Waals surface area contributed by atoms with E-state index in [0.717, 1.165) is 6.92 Å². The summed E-state index contributed by atoms with van der Waals surface area (Å²) in [6.45, 7) is 1.01. The summed E-state index contributed by atoms with van der Waals surface area (Å²) in [4.78, 5) is 9.76. The summed E-state index contributed by atoms with van der Waals surface area (Å²) in [7, 11) is 0. The van der Waals surface area contributed by atoms with Gasteiger partial charge in [-0.25, -0.2) is 0 Å². The Bertz CT molecular complexity index is 170. The van der Waals surface area contributed by atoms with Crippen LogP contribution in [0.5, 0.6) is 0 Å². The van der Waals surface area contributed by atoms with Crippen LogP contribution in [-0.4, -0.2) is 12.5 Å². The van der Waals surface area contributed by atoms with Gasteiger partial charge < -0.3 is 5.73 Å². The summed E-state index contributed by atoms with van der Waals surface area (Å²) in [6, 6.07) is 0. The molecule has 0 aromatic heterocycles. The van der Waals surface area contributed by atoms with E-state index in [1.807, 2.05) is 0 Å². The van der Waals surface area contributed by atoms with E-state index in [9.17, 15) is 18.0 Å². The van der Waals surface area contributed by atoms with Gasteiger partial charge in [0.25, 0.3) is 0 Å². The van der Waals surface area contributed by atoms with Crippen LogP contribution in [-0.2, 0) is 4.79 Å². The number of hydrogen-bond donors (Lipinski definition) is 1. The number of rotatable bonds is 1. The molecule has 0 fully saturated rings. The van der Waals surface area contributed by atoms with Crippen LogP contribution in [0.2, 0.25) is 0 Å². The molecule has 0 amide bonds.